The van der Waals surface area contributed by atoms with Crippen LogP contribution < -0.4 is 5.32 Å². The summed E-state index contributed by atoms with van der Waals surface area (Å²) in [6, 6.07) is 0.954. The molecule has 0 aliphatic carbocycles. The lowest BCUT2D eigenvalue weighted by Gasteiger charge is -2.15. The number of nitro groups is 2. The van der Waals surface area contributed by atoms with E-state index in [0.29, 0.717) is 6.07 Å². The third kappa shape index (κ3) is 5.28. The van der Waals surface area contributed by atoms with Crippen molar-refractivity contribution in [2.24, 2.45) is 0 Å². The molecule has 0 amide bonds. The minimum atomic E-state index is -2.02. The molecule has 1 aromatic rings. The van der Waals surface area contributed by atoms with Crippen LogP contribution in [0.1, 0.15) is 0 Å². The highest BCUT2D eigenvalue weighted by molar-refractivity contribution is 7.85. The van der Waals surface area contributed by atoms with Crippen molar-refractivity contribution in [3.8, 4) is 0 Å². The van der Waals surface area contributed by atoms with E-state index in [9.17, 15) is 34.0 Å². The topological polar surface area (TPSA) is 190 Å². The molecular formula is C11H11N3O9S. The monoisotopic (exact) mass is 361 g/mol. The van der Waals surface area contributed by atoms with Crippen LogP contribution in [0.2, 0.25) is 0 Å². The average molecular weight is 361 g/mol. The number of anilines is 1. The smallest absolute Gasteiger partial charge is 0.327 e. The van der Waals surface area contributed by atoms with Gasteiger partial charge in [0.25, 0.3) is 11.4 Å². The van der Waals surface area contributed by atoms with E-state index in [0.717, 1.165) is 12.1 Å². The maximum atomic E-state index is 11.5. The van der Waals surface area contributed by atoms with Crippen molar-refractivity contribution in [3.63, 3.8) is 0 Å². The predicted molar refractivity (Wildman–Crippen MR) is 80.3 cm³/mol. The summed E-state index contributed by atoms with van der Waals surface area (Å²) in [5.41, 5.74) is -1.63. The first-order chi connectivity index (χ1) is 11.1. The zero-order valence-electron chi connectivity index (χ0n) is 11.8. The van der Waals surface area contributed by atoms with Gasteiger partial charge in [0.15, 0.2) is 0 Å². The van der Waals surface area contributed by atoms with Crippen molar-refractivity contribution in [3.05, 3.63) is 38.4 Å². The Bertz CT molecular complexity index is 721. The van der Waals surface area contributed by atoms with Crippen molar-refractivity contribution in [1.82, 2.24) is 0 Å². The highest BCUT2D eigenvalue weighted by Gasteiger charge is 2.26. The minimum Gasteiger partial charge on any atom is -0.481 e. The molecule has 1 aromatic carbocycles. The number of non-ortho nitro benzene ring substituents is 1. The molecular weight excluding hydrogens is 350 g/mol. The molecule has 0 aromatic heterocycles. The maximum absolute atomic E-state index is 11.5. The van der Waals surface area contributed by atoms with Gasteiger partial charge in [-0.2, -0.15) is 0 Å². The third-order valence-electron chi connectivity index (χ3n) is 2.65. The summed E-state index contributed by atoms with van der Waals surface area (Å²) in [4.78, 5) is 41.4. The van der Waals surface area contributed by atoms with Crippen LogP contribution in [0.25, 0.3) is 0 Å². The lowest BCUT2D eigenvalue weighted by Crippen LogP contribution is -2.36. The first-order valence-corrected chi connectivity index (χ1v) is 7.59. The third-order valence-corrected chi connectivity index (χ3v) is 3.93. The van der Waals surface area contributed by atoms with Gasteiger partial charge < -0.3 is 15.5 Å². The van der Waals surface area contributed by atoms with Gasteiger partial charge in [-0.1, -0.05) is 0 Å². The molecule has 3 N–H and O–H groups in total. The number of rotatable bonds is 9. The van der Waals surface area contributed by atoms with Crippen LogP contribution in [-0.2, 0) is 20.4 Å². The molecule has 0 spiro atoms. The van der Waals surface area contributed by atoms with E-state index in [1.807, 2.05) is 0 Å². The molecule has 0 aliphatic rings. The number of hydrogen-bond donors (Lipinski definition) is 3. The summed E-state index contributed by atoms with van der Waals surface area (Å²) in [5, 5.41) is 41.4. The molecule has 2 unspecified atom stereocenters. The van der Waals surface area contributed by atoms with E-state index in [-0.39, 0.29) is 5.69 Å². The number of benzene rings is 1. The average Bonchev–Trinajstić information content (AvgIpc) is 2.45. The van der Waals surface area contributed by atoms with Gasteiger partial charge in [-0.3, -0.25) is 29.2 Å². The molecule has 0 aliphatic heterocycles. The number of carboxylic acid groups (broad SMARTS) is 2. The number of nitrogens with one attached hydrogen (secondary N) is 1. The minimum absolute atomic E-state index is 0.328. The summed E-state index contributed by atoms with van der Waals surface area (Å²) in [5.74, 6) is -4.30. The molecule has 24 heavy (non-hydrogen) atoms. The summed E-state index contributed by atoms with van der Waals surface area (Å²) in [6.45, 7) is 0. The van der Waals surface area contributed by atoms with E-state index in [1.54, 1.807) is 0 Å². The van der Waals surface area contributed by atoms with E-state index in [2.05, 4.69) is 5.32 Å². The first-order valence-electron chi connectivity index (χ1n) is 6.10. The Morgan fingerprint density at radius 3 is 2.29 bits per heavy atom. The van der Waals surface area contributed by atoms with Crippen molar-refractivity contribution < 1.29 is 33.9 Å². The van der Waals surface area contributed by atoms with Crippen molar-refractivity contribution in [2.45, 2.75) is 6.04 Å². The number of carboxylic acids is 2. The molecule has 0 saturated heterocycles. The quantitative estimate of drug-likeness (QED) is 0.404. The van der Waals surface area contributed by atoms with Crippen LogP contribution in [0, 0.1) is 20.2 Å². The van der Waals surface area contributed by atoms with Crippen LogP contribution >= 0.6 is 0 Å². The molecule has 0 radical (unpaired) electrons. The van der Waals surface area contributed by atoms with Gasteiger partial charge in [-0.05, 0) is 6.07 Å². The fourth-order valence-corrected chi connectivity index (χ4v) is 2.64. The second-order valence-electron chi connectivity index (χ2n) is 4.40. The van der Waals surface area contributed by atoms with E-state index in [4.69, 9.17) is 10.2 Å². The van der Waals surface area contributed by atoms with E-state index in [1.165, 1.54) is 0 Å². The molecule has 0 fully saturated rings. The van der Waals surface area contributed by atoms with Crippen LogP contribution in [-0.4, -0.2) is 53.8 Å². The van der Waals surface area contributed by atoms with Gasteiger partial charge in [0, 0.05) is 16.9 Å². The summed E-state index contributed by atoms with van der Waals surface area (Å²) in [6.07, 6.45) is 0. The fraction of sp³-hybridized carbons (Fsp3) is 0.273. The van der Waals surface area contributed by atoms with Crippen LogP contribution in [0.4, 0.5) is 17.1 Å². The number of nitrogens with zero attached hydrogens (tertiary/aromatic N) is 2. The molecule has 0 saturated carbocycles. The van der Waals surface area contributed by atoms with Crippen LogP contribution in [0.5, 0.6) is 0 Å². The van der Waals surface area contributed by atoms with Gasteiger partial charge >= 0.3 is 11.9 Å². The lowest BCUT2D eigenvalue weighted by atomic mass is 10.2. The SMILES string of the molecule is O=C(O)CS(=O)CC(Nc1ccc([N+](=O)[O-])cc1[N+](=O)[O-])C(=O)O. The van der Waals surface area contributed by atoms with E-state index < -0.39 is 61.5 Å². The second-order valence-corrected chi connectivity index (χ2v) is 5.90. The summed E-state index contributed by atoms with van der Waals surface area (Å²) < 4.78 is 11.5. The number of hydrogen-bond acceptors (Lipinski definition) is 8. The molecule has 0 bridgehead atoms. The van der Waals surface area contributed by atoms with Crippen molar-refractivity contribution in [2.75, 3.05) is 16.8 Å². The van der Waals surface area contributed by atoms with E-state index >= 15 is 0 Å². The van der Waals surface area contributed by atoms with Gasteiger partial charge in [-0.15, -0.1) is 0 Å². The Kier molecular flexibility index (Phi) is 6.29. The zero-order valence-corrected chi connectivity index (χ0v) is 12.6. The Balaban J connectivity index is 3.08. The van der Waals surface area contributed by atoms with Crippen LogP contribution in [0.15, 0.2) is 18.2 Å². The molecule has 0 heterocycles. The standard InChI is InChI=1S/C11H11N3O9S/c15-10(16)5-24(23)4-8(11(17)18)12-7-2-1-6(13(19)20)3-9(7)14(21)22/h1-3,8,12H,4-5H2,(H,15,16)(H,17,18). The maximum Gasteiger partial charge on any atom is 0.327 e. The highest BCUT2D eigenvalue weighted by Crippen LogP contribution is 2.29. The first kappa shape index (κ1) is 19.0. The molecule has 13 heteroatoms. The number of aliphatic carboxylic acids is 2. The van der Waals surface area contributed by atoms with Gasteiger partial charge in [-0.25, -0.2) is 4.79 Å². The van der Waals surface area contributed by atoms with Gasteiger partial charge in [0.05, 0.1) is 21.7 Å². The Morgan fingerprint density at radius 2 is 1.83 bits per heavy atom. The normalized spacial score (nSPS) is 12.8. The van der Waals surface area contributed by atoms with Gasteiger partial charge in [0.2, 0.25) is 0 Å². The largest absolute Gasteiger partial charge is 0.481 e. The summed E-state index contributed by atoms with van der Waals surface area (Å²) >= 11 is 0. The van der Waals surface area contributed by atoms with Crippen molar-refractivity contribution >= 4 is 39.8 Å². The van der Waals surface area contributed by atoms with Gasteiger partial charge in [0.1, 0.15) is 17.5 Å². The molecule has 130 valence electrons. The lowest BCUT2D eigenvalue weighted by molar-refractivity contribution is -0.393. The molecule has 12 nitrogen and oxygen atoms in total. The zero-order chi connectivity index (χ0) is 18.4. The Morgan fingerprint density at radius 1 is 1.21 bits per heavy atom. The van der Waals surface area contributed by atoms with Crippen molar-refractivity contribution in [1.29, 1.82) is 0 Å². The predicted octanol–water partition coefficient (Wildman–Crippen LogP) is 0.201. The molecule has 1 rings (SSSR count). The second kappa shape index (κ2) is 7.96. The summed E-state index contributed by atoms with van der Waals surface area (Å²) in [7, 11) is -2.02. The Labute approximate surface area is 135 Å². The number of carbonyl (C=O) groups is 2. The Hall–Kier alpha value is -3.09. The fourth-order valence-electron chi connectivity index (χ4n) is 1.65. The highest BCUT2D eigenvalue weighted by atomic mass is 32.2. The molecule has 2 atom stereocenters. The van der Waals surface area contributed by atoms with Crippen LogP contribution in [0.3, 0.4) is 0 Å². The number of nitro benzene ring substituents is 2.